The average Bonchev–Trinajstić information content (AvgIpc) is 3.06. The van der Waals surface area contributed by atoms with E-state index in [1.54, 1.807) is 27.5 Å². The molecule has 1 atom stereocenters. The Hall–Kier alpha value is -2.28. The van der Waals surface area contributed by atoms with E-state index in [1.807, 2.05) is 43.5 Å². The molecule has 0 radical (unpaired) electrons. The van der Waals surface area contributed by atoms with E-state index in [9.17, 15) is 9.59 Å². The lowest BCUT2D eigenvalue weighted by Gasteiger charge is -2.28. The molecule has 0 unspecified atom stereocenters. The SMILES string of the molecule is C[C@H](Cn1cccn1)NC(=O)CCN1C(=O)CSc2ccccc21. The fraction of sp³-hybridized carbons (Fsp3) is 0.353. The predicted molar refractivity (Wildman–Crippen MR) is 94.0 cm³/mol. The molecule has 2 heterocycles. The summed E-state index contributed by atoms with van der Waals surface area (Å²) < 4.78 is 1.78. The van der Waals surface area contributed by atoms with Crippen molar-refractivity contribution in [1.29, 1.82) is 0 Å². The van der Waals surface area contributed by atoms with Crippen LogP contribution in [0.2, 0.25) is 0 Å². The number of para-hydroxylation sites is 1. The molecule has 1 aromatic heterocycles. The number of carbonyl (C=O) groups excluding carboxylic acids is 2. The molecule has 0 saturated heterocycles. The number of amides is 2. The van der Waals surface area contributed by atoms with E-state index in [2.05, 4.69) is 10.4 Å². The predicted octanol–water partition coefficient (Wildman–Crippen LogP) is 1.92. The smallest absolute Gasteiger partial charge is 0.237 e. The van der Waals surface area contributed by atoms with Gasteiger partial charge in [0.2, 0.25) is 11.8 Å². The molecule has 2 amide bonds. The largest absolute Gasteiger partial charge is 0.352 e. The van der Waals surface area contributed by atoms with Gasteiger partial charge in [-0.05, 0) is 25.1 Å². The molecule has 126 valence electrons. The lowest BCUT2D eigenvalue weighted by Crippen LogP contribution is -2.41. The maximum atomic E-state index is 12.2. The number of anilines is 1. The number of nitrogens with zero attached hydrogens (tertiary/aromatic N) is 3. The standard InChI is InChI=1S/C17H20N4O2S/c1-13(11-20-9-4-8-18-20)19-16(22)7-10-21-14-5-2-3-6-15(14)24-12-17(21)23/h2-6,8-9,13H,7,10-12H2,1H3,(H,19,22)/t13-/m1/s1. The van der Waals surface area contributed by atoms with Crippen molar-refractivity contribution in [2.75, 3.05) is 17.2 Å². The Morgan fingerprint density at radius 3 is 3.00 bits per heavy atom. The Morgan fingerprint density at radius 1 is 1.38 bits per heavy atom. The molecular formula is C17H20N4O2S. The summed E-state index contributed by atoms with van der Waals surface area (Å²) in [5.41, 5.74) is 0.899. The minimum atomic E-state index is -0.0573. The van der Waals surface area contributed by atoms with Crippen LogP contribution >= 0.6 is 11.8 Å². The molecule has 2 aromatic rings. The molecule has 7 heteroatoms. The molecule has 1 aliphatic heterocycles. The van der Waals surface area contributed by atoms with Crippen molar-refractivity contribution in [2.24, 2.45) is 0 Å². The molecule has 0 spiro atoms. The number of rotatable bonds is 6. The second kappa shape index (κ2) is 7.53. The van der Waals surface area contributed by atoms with Gasteiger partial charge in [0.15, 0.2) is 0 Å². The number of benzene rings is 1. The van der Waals surface area contributed by atoms with Gasteiger partial charge >= 0.3 is 0 Å². The lowest BCUT2D eigenvalue weighted by atomic mass is 10.2. The fourth-order valence-corrected chi connectivity index (χ4v) is 3.63. The van der Waals surface area contributed by atoms with Crippen LogP contribution < -0.4 is 10.2 Å². The molecule has 1 N–H and O–H groups in total. The number of aromatic nitrogens is 2. The van der Waals surface area contributed by atoms with Gasteiger partial charge in [0.25, 0.3) is 0 Å². The zero-order valence-electron chi connectivity index (χ0n) is 13.5. The Balaban J connectivity index is 1.53. The maximum absolute atomic E-state index is 12.2. The monoisotopic (exact) mass is 344 g/mol. The Morgan fingerprint density at radius 2 is 2.21 bits per heavy atom. The summed E-state index contributed by atoms with van der Waals surface area (Å²) in [6, 6.07) is 9.65. The quantitative estimate of drug-likeness (QED) is 0.869. The number of hydrogen-bond donors (Lipinski definition) is 1. The van der Waals surface area contributed by atoms with Crippen molar-refractivity contribution >= 4 is 29.3 Å². The number of carbonyl (C=O) groups is 2. The molecule has 0 bridgehead atoms. The van der Waals surface area contributed by atoms with Crippen LogP contribution in [0, 0.1) is 0 Å². The summed E-state index contributed by atoms with van der Waals surface area (Å²) >= 11 is 1.55. The van der Waals surface area contributed by atoms with Crippen LogP contribution in [-0.2, 0) is 16.1 Å². The van der Waals surface area contributed by atoms with Crippen LogP contribution in [0.15, 0.2) is 47.6 Å². The topological polar surface area (TPSA) is 67.2 Å². The highest BCUT2D eigenvalue weighted by Crippen LogP contribution is 2.34. The van der Waals surface area contributed by atoms with Crippen molar-refractivity contribution in [3.63, 3.8) is 0 Å². The first kappa shape index (κ1) is 16.6. The van der Waals surface area contributed by atoms with E-state index >= 15 is 0 Å². The highest BCUT2D eigenvalue weighted by Gasteiger charge is 2.24. The second-order valence-electron chi connectivity index (χ2n) is 5.75. The number of hydrogen-bond acceptors (Lipinski definition) is 4. The minimum Gasteiger partial charge on any atom is -0.352 e. The van der Waals surface area contributed by atoms with Gasteiger partial charge in [0, 0.05) is 36.3 Å². The zero-order chi connectivity index (χ0) is 16.9. The summed E-state index contributed by atoms with van der Waals surface area (Å²) in [5.74, 6) is 0.420. The Bertz CT molecular complexity index is 717. The van der Waals surface area contributed by atoms with Gasteiger partial charge in [0.05, 0.1) is 18.0 Å². The molecule has 0 aliphatic carbocycles. The van der Waals surface area contributed by atoms with Crippen molar-refractivity contribution < 1.29 is 9.59 Å². The maximum Gasteiger partial charge on any atom is 0.237 e. The van der Waals surface area contributed by atoms with E-state index in [1.165, 1.54) is 0 Å². The van der Waals surface area contributed by atoms with E-state index in [0.29, 0.717) is 18.8 Å². The molecule has 0 saturated carbocycles. The van der Waals surface area contributed by atoms with Crippen LogP contribution in [-0.4, -0.2) is 39.9 Å². The van der Waals surface area contributed by atoms with Crippen LogP contribution in [0.4, 0.5) is 5.69 Å². The third kappa shape index (κ3) is 3.97. The van der Waals surface area contributed by atoms with Crippen molar-refractivity contribution in [3.8, 4) is 0 Å². The minimum absolute atomic E-state index is 0.0164. The van der Waals surface area contributed by atoms with E-state index < -0.39 is 0 Å². The molecule has 0 fully saturated rings. The van der Waals surface area contributed by atoms with Crippen molar-refractivity contribution in [2.45, 2.75) is 30.8 Å². The third-order valence-electron chi connectivity index (χ3n) is 3.80. The van der Waals surface area contributed by atoms with Crippen molar-refractivity contribution in [1.82, 2.24) is 15.1 Å². The number of thioether (sulfide) groups is 1. The van der Waals surface area contributed by atoms with Gasteiger partial charge in [-0.2, -0.15) is 5.10 Å². The van der Waals surface area contributed by atoms with Crippen LogP contribution in [0.25, 0.3) is 0 Å². The first-order valence-electron chi connectivity index (χ1n) is 7.92. The van der Waals surface area contributed by atoms with Crippen LogP contribution in [0.3, 0.4) is 0 Å². The van der Waals surface area contributed by atoms with Gasteiger partial charge in [-0.25, -0.2) is 0 Å². The van der Waals surface area contributed by atoms with Gasteiger partial charge in [0.1, 0.15) is 0 Å². The fourth-order valence-electron chi connectivity index (χ4n) is 2.69. The summed E-state index contributed by atoms with van der Waals surface area (Å²) in [4.78, 5) is 27.1. The third-order valence-corrected chi connectivity index (χ3v) is 4.85. The molecule has 6 nitrogen and oxygen atoms in total. The van der Waals surface area contributed by atoms with Crippen LogP contribution in [0.5, 0.6) is 0 Å². The van der Waals surface area contributed by atoms with E-state index in [-0.39, 0.29) is 24.3 Å². The molecular weight excluding hydrogens is 324 g/mol. The van der Waals surface area contributed by atoms with Gasteiger partial charge < -0.3 is 10.2 Å². The second-order valence-corrected chi connectivity index (χ2v) is 6.77. The summed E-state index contributed by atoms with van der Waals surface area (Å²) in [5, 5.41) is 7.08. The number of nitrogens with one attached hydrogen (secondary N) is 1. The molecule has 24 heavy (non-hydrogen) atoms. The van der Waals surface area contributed by atoms with E-state index in [4.69, 9.17) is 0 Å². The molecule has 1 aliphatic rings. The average molecular weight is 344 g/mol. The highest BCUT2D eigenvalue weighted by atomic mass is 32.2. The van der Waals surface area contributed by atoms with Crippen LogP contribution in [0.1, 0.15) is 13.3 Å². The highest BCUT2D eigenvalue weighted by molar-refractivity contribution is 8.00. The Kier molecular flexibility index (Phi) is 5.20. The number of fused-ring (bicyclic) bond motifs is 1. The van der Waals surface area contributed by atoms with E-state index in [0.717, 1.165) is 10.6 Å². The molecule has 3 rings (SSSR count). The first-order valence-corrected chi connectivity index (χ1v) is 8.91. The first-order chi connectivity index (χ1) is 11.6. The van der Waals surface area contributed by atoms with Gasteiger partial charge in [-0.15, -0.1) is 11.8 Å². The van der Waals surface area contributed by atoms with Gasteiger partial charge in [-0.3, -0.25) is 14.3 Å². The lowest BCUT2D eigenvalue weighted by molar-refractivity contribution is -0.121. The normalized spacial score (nSPS) is 15.0. The summed E-state index contributed by atoms with van der Waals surface area (Å²) in [7, 11) is 0. The Labute approximate surface area is 145 Å². The zero-order valence-corrected chi connectivity index (χ0v) is 14.3. The van der Waals surface area contributed by atoms with Crippen molar-refractivity contribution in [3.05, 3.63) is 42.7 Å². The molecule has 1 aromatic carbocycles. The van der Waals surface area contributed by atoms with Gasteiger partial charge in [-0.1, -0.05) is 12.1 Å². The summed E-state index contributed by atoms with van der Waals surface area (Å²) in [6.45, 7) is 2.97. The summed E-state index contributed by atoms with van der Waals surface area (Å²) in [6.07, 6.45) is 3.86.